The van der Waals surface area contributed by atoms with Gasteiger partial charge in [-0.1, -0.05) is 22.8 Å². The summed E-state index contributed by atoms with van der Waals surface area (Å²) in [7, 11) is 0. The van der Waals surface area contributed by atoms with Gasteiger partial charge in [0.1, 0.15) is 0 Å². The molecular weight excluding hydrogens is 285 g/mol. The smallest absolute Gasteiger partial charge is 0.269 e. The molecule has 0 unspecified atom stereocenters. The van der Waals surface area contributed by atoms with Crippen molar-refractivity contribution in [3.05, 3.63) is 34.4 Å². The molecule has 8 heteroatoms. The van der Waals surface area contributed by atoms with Crippen molar-refractivity contribution >= 4 is 44.9 Å². The molecule has 0 N–H and O–H groups in total. The Hall–Kier alpha value is -0.0700. The third-order valence-corrected chi connectivity index (χ3v) is 10.7. The van der Waals surface area contributed by atoms with Crippen LogP contribution in [-0.4, -0.2) is 17.3 Å². The van der Waals surface area contributed by atoms with E-state index in [0.29, 0.717) is 6.61 Å². The zero-order valence-corrected chi connectivity index (χ0v) is 11.4. The Morgan fingerprint density at radius 1 is 1.50 bits per heavy atom. The van der Waals surface area contributed by atoms with Gasteiger partial charge in [0.2, 0.25) is 0 Å². The van der Waals surface area contributed by atoms with Crippen molar-refractivity contribution in [2.24, 2.45) is 0 Å². The molecule has 1 aromatic rings. The van der Waals surface area contributed by atoms with Crippen LogP contribution in [0.4, 0.5) is 5.69 Å². The largest absolute Gasteiger partial charge is 0.333 e. The number of hydrogen-bond acceptors (Lipinski definition) is 6. The summed E-state index contributed by atoms with van der Waals surface area (Å²) < 4.78 is 3.71. The second-order valence-electron chi connectivity index (χ2n) is 2.96. The highest BCUT2D eigenvalue weighted by molar-refractivity contribution is 8.99. The molecule has 0 radical (unpaired) electrons. The summed E-state index contributed by atoms with van der Waals surface area (Å²) in [5, 5.41) is 10.5. The van der Waals surface area contributed by atoms with Gasteiger partial charge in [-0.2, -0.15) is 0 Å². The van der Waals surface area contributed by atoms with E-state index in [4.69, 9.17) is 16.3 Å². The maximum Gasteiger partial charge on any atom is 0.269 e. The molecule has 1 heterocycles. The average molecular weight is 293 g/mol. The van der Waals surface area contributed by atoms with E-state index in [9.17, 15) is 10.1 Å². The van der Waals surface area contributed by atoms with Crippen LogP contribution in [0.3, 0.4) is 0 Å². The fourth-order valence-electron chi connectivity index (χ4n) is 1.15. The fourth-order valence-corrected chi connectivity index (χ4v) is 9.27. The van der Waals surface area contributed by atoms with Gasteiger partial charge in [-0.05, 0) is 23.9 Å². The minimum atomic E-state index is -1.83. The highest BCUT2D eigenvalue weighted by Crippen LogP contribution is 2.75. The van der Waals surface area contributed by atoms with E-state index < -0.39 is 9.59 Å². The van der Waals surface area contributed by atoms with Crippen LogP contribution in [0.2, 0.25) is 0 Å². The van der Waals surface area contributed by atoms with E-state index in [0.717, 1.165) is 10.6 Å². The molecule has 0 bridgehead atoms. The first-order valence-electron chi connectivity index (χ1n) is 4.42. The van der Waals surface area contributed by atoms with E-state index in [1.807, 2.05) is 0 Å². The lowest BCUT2D eigenvalue weighted by Gasteiger charge is -2.11. The molecule has 0 amide bonds. The lowest BCUT2D eigenvalue weighted by Crippen LogP contribution is -1.86. The van der Waals surface area contributed by atoms with Crippen LogP contribution in [0, 0.1) is 10.1 Å². The quantitative estimate of drug-likeness (QED) is 0.481. The summed E-state index contributed by atoms with van der Waals surface area (Å²) >= 11 is 8.61. The SMILES string of the molecule is O=[N+]([O-])c1ccc(S[P@@]2(=S)OCCS2)cc1. The Bertz CT molecular complexity index is 440. The number of nitro benzene ring substituents is 1. The standard InChI is InChI=1S/C8H8NO3PS3/c10-9(11)7-1-3-8(4-2-7)16-13(14)12-5-6-15-13/h1-4H,5-6H2/t13-/m1/s1. The van der Waals surface area contributed by atoms with E-state index in [-0.39, 0.29) is 5.69 Å². The molecule has 16 heavy (non-hydrogen) atoms. The Labute approximate surface area is 106 Å². The van der Waals surface area contributed by atoms with E-state index in [1.54, 1.807) is 23.5 Å². The summed E-state index contributed by atoms with van der Waals surface area (Å²) in [5.41, 5.74) is 0.0982. The van der Waals surface area contributed by atoms with E-state index >= 15 is 0 Å². The second kappa shape index (κ2) is 5.06. The number of benzene rings is 1. The Morgan fingerprint density at radius 2 is 2.19 bits per heavy atom. The molecule has 1 atom stereocenters. The molecule has 1 aliphatic rings. The van der Waals surface area contributed by atoms with Crippen molar-refractivity contribution in [2.45, 2.75) is 4.90 Å². The third kappa shape index (κ3) is 2.99. The Kier molecular flexibility index (Phi) is 3.92. The van der Waals surface area contributed by atoms with Gasteiger partial charge in [0.15, 0.2) is 4.67 Å². The van der Waals surface area contributed by atoms with Crippen molar-refractivity contribution in [1.82, 2.24) is 0 Å². The van der Waals surface area contributed by atoms with Crippen LogP contribution in [0.1, 0.15) is 0 Å². The van der Waals surface area contributed by atoms with Crippen molar-refractivity contribution in [3.63, 3.8) is 0 Å². The fraction of sp³-hybridized carbons (Fsp3) is 0.250. The van der Waals surface area contributed by atoms with Gasteiger partial charge in [0.05, 0.1) is 11.5 Å². The third-order valence-electron chi connectivity index (χ3n) is 1.85. The molecule has 0 saturated carbocycles. The first-order chi connectivity index (χ1) is 7.59. The second-order valence-corrected chi connectivity index (χ2v) is 13.5. The molecule has 86 valence electrons. The molecule has 0 aliphatic carbocycles. The van der Waals surface area contributed by atoms with E-state index in [2.05, 4.69) is 0 Å². The maximum atomic E-state index is 10.5. The van der Waals surface area contributed by atoms with Gasteiger partial charge < -0.3 is 4.52 Å². The first-order valence-corrected chi connectivity index (χ1v) is 10.2. The summed E-state index contributed by atoms with van der Waals surface area (Å²) in [5.74, 6) is 0.942. The van der Waals surface area contributed by atoms with E-state index in [1.165, 1.54) is 23.5 Å². The summed E-state index contributed by atoms with van der Waals surface area (Å²) in [4.78, 5) is 11.0. The van der Waals surface area contributed by atoms with Crippen LogP contribution in [-0.2, 0) is 16.3 Å². The molecule has 0 spiro atoms. The lowest BCUT2D eigenvalue weighted by atomic mass is 10.3. The van der Waals surface area contributed by atoms with Crippen molar-refractivity contribution in [3.8, 4) is 0 Å². The molecule has 0 aromatic heterocycles. The Balaban J connectivity index is 2.10. The zero-order valence-electron chi connectivity index (χ0n) is 8.07. The van der Waals surface area contributed by atoms with Gasteiger partial charge in [-0.25, -0.2) is 0 Å². The monoisotopic (exact) mass is 293 g/mol. The molecule has 4 nitrogen and oxygen atoms in total. The van der Waals surface area contributed by atoms with Crippen molar-refractivity contribution in [1.29, 1.82) is 0 Å². The molecule has 1 fully saturated rings. The normalized spacial score (nSPS) is 24.5. The van der Waals surface area contributed by atoms with Crippen molar-refractivity contribution in [2.75, 3.05) is 12.4 Å². The van der Waals surface area contributed by atoms with Crippen LogP contribution in [0.25, 0.3) is 0 Å². The van der Waals surface area contributed by atoms with Crippen LogP contribution in [0.5, 0.6) is 0 Å². The van der Waals surface area contributed by atoms with Crippen LogP contribution >= 0.6 is 27.4 Å². The van der Waals surface area contributed by atoms with Gasteiger partial charge in [-0.3, -0.25) is 10.1 Å². The molecular formula is C8H8NO3PS3. The van der Waals surface area contributed by atoms with Gasteiger partial charge in [0.25, 0.3) is 5.69 Å². The molecule has 2 rings (SSSR count). The highest BCUT2D eigenvalue weighted by Gasteiger charge is 2.26. The predicted octanol–water partition coefficient (Wildman–Crippen LogP) is 3.67. The Morgan fingerprint density at radius 3 is 2.69 bits per heavy atom. The zero-order chi connectivity index (χ0) is 11.6. The number of rotatable bonds is 3. The minimum absolute atomic E-state index is 0.0982. The molecule has 1 aliphatic heterocycles. The van der Waals surface area contributed by atoms with Gasteiger partial charge >= 0.3 is 0 Å². The van der Waals surface area contributed by atoms with Crippen molar-refractivity contribution < 1.29 is 9.45 Å². The molecule has 1 aromatic carbocycles. The van der Waals surface area contributed by atoms with Gasteiger partial charge in [-0.15, -0.1) is 0 Å². The van der Waals surface area contributed by atoms with Gasteiger partial charge in [0, 0.05) is 22.8 Å². The summed E-state index contributed by atoms with van der Waals surface area (Å²) in [6.07, 6.45) is 0. The summed E-state index contributed by atoms with van der Waals surface area (Å²) in [6.45, 7) is 0.710. The first kappa shape index (κ1) is 12.4. The number of non-ortho nitro benzene ring substituents is 1. The number of nitrogens with zero attached hydrogens (tertiary/aromatic N) is 1. The average Bonchev–Trinajstić information content (AvgIpc) is 2.65. The number of hydrogen-bond donors (Lipinski definition) is 0. The molecule has 1 saturated heterocycles. The minimum Gasteiger partial charge on any atom is -0.333 e. The summed E-state index contributed by atoms with van der Waals surface area (Å²) in [6, 6.07) is 6.42. The topological polar surface area (TPSA) is 52.4 Å². The maximum absolute atomic E-state index is 10.5. The lowest BCUT2D eigenvalue weighted by molar-refractivity contribution is -0.384. The predicted molar refractivity (Wildman–Crippen MR) is 71.6 cm³/mol. The van der Waals surface area contributed by atoms with Crippen LogP contribution < -0.4 is 0 Å². The highest BCUT2D eigenvalue weighted by atomic mass is 33.2. The number of nitro groups is 1. The van der Waals surface area contributed by atoms with Crippen LogP contribution in [0.15, 0.2) is 29.2 Å².